The average Bonchev–Trinajstić information content (AvgIpc) is 2.14. The Balaban J connectivity index is 2.36. The van der Waals surface area contributed by atoms with Gasteiger partial charge in [0.25, 0.3) is 0 Å². The first-order valence-electron chi connectivity index (χ1n) is 5.34. The SMILES string of the molecule is CCCNC1CCCC(C(F)(F)F)C1. The van der Waals surface area contributed by atoms with Crippen LogP contribution < -0.4 is 5.32 Å². The summed E-state index contributed by atoms with van der Waals surface area (Å²) in [5.74, 6) is -1.08. The molecule has 84 valence electrons. The molecule has 1 aliphatic rings. The quantitative estimate of drug-likeness (QED) is 0.753. The molecular formula is C10H18F3N. The van der Waals surface area contributed by atoms with Gasteiger partial charge in [-0.15, -0.1) is 0 Å². The molecule has 0 spiro atoms. The predicted molar refractivity (Wildman–Crippen MR) is 50.1 cm³/mol. The van der Waals surface area contributed by atoms with Crippen molar-refractivity contribution in [2.45, 2.75) is 51.2 Å². The van der Waals surface area contributed by atoms with Crippen LogP contribution in [-0.2, 0) is 0 Å². The molecule has 0 aromatic heterocycles. The second kappa shape index (κ2) is 5.01. The van der Waals surface area contributed by atoms with E-state index in [0.717, 1.165) is 19.4 Å². The molecule has 0 aromatic rings. The van der Waals surface area contributed by atoms with Crippen molar-refractivity contribution in [3.63, 3.8) is 0 Å². The number of nitrogens with one attached hydrogen (secondary N) is 1. The van der Waals surface area contributed by atoms with E-state index in [9.17, 15) is 13.2 Å². The Hall–Kier alpha value is -0.250. The summed E-state index contributed by atoms with van der Waals surface area (Å²) in [7, 11) is 0. The van der Waals surface area contributed by atoms with Crippen molar-refractivity contribution in [2.24, 2.45) is 5.92 Å². The van der Waals surface area contributed by atoms with E-state index in [1.807, 2.05) is 6.92 Å². The third-order valence-corrected chi connectivity index (χ3v) is 2.82. The second-order valence-electron chi connectivity index (χ2n) is 4.06. The number of hydrogen-bond donors (Lipinski definition) is 1. The highest BCUT2D eigenvalue weighted by atomic mass is 19.4. The van der Waals surface area contributed by atoms with E-state index in [0.29, 0.717) is 12.8 Å². The number of alkyl halides is 3. The standard InChI is InChI=1S/C10H18F3N/c1-2-6-14-9-5-3-4-8(7-9)10(11,12)13/h8-9,14H,2-7H2,1H3. The Kier molecular flexibility index (Phi) is 4.23. The molecule has 0 radical (unpaired) electrons. The molecular weight excluding hydrogens is 191 g/mol. The molecule has 4 heteroatoms. The van der Waals surface area contributed by atoms with Crippen LogP contribution >= 0.6 is 0 Å². The van der Waals surface area contributed by atoms with Crippen molar-refractivity contribution < 1.29 is 13.2 Å². The van der Waals surface area contributed by atoms with Gasteiger partial charge in [0.15, 0.2) is 0 Å². The summed E-state index contributed by atoms with van der Waals surface area (Å²) >= 11 is 0. The number of halogens is 3. The maximum atomic E-state index is 12.4. The van der Waals surface area contributed by atoms with E-state index in [1.54, 1.807) is 0 Å². The molecule has 1 N–H and O–H groups in total. The van der Waals surface area contributed by atoms with Crippen LogP contribution in [0.3, 0.4) is 0 Å². The minimum Gasteiger partial charge on any atom is -0.314 e. The van der Waals surface area contributed by atoms with Gasteiger partial charge in [-0.25, -0.2) is 0 Å². The van der Waals surface area contributed by atoms with Gasteiger partial charge in [-0.2, -0.15) is 13.2 Å². The molecule has 1 saturated carbocycles. The first-order valence-corrected chi connectivity index (χ1v) is 5.34. The fraction of sp³-hybridized carbons (Fsp3) is 1.00. The molecule has 1 rings (SSSR count). The maximum Gasteiger partial charge on any atom is 0.391 e. The zero-order valence-electron chi connectivity index (χ0n) is 8.53. The summed E-state index contributed by atoms with van der Waals surface area (Å²) < 4.78 is 37.2. The van der Waals surface area contributed by atoms with E-state index >= 15 is 0 Å². The normalized spacial score (nSPS) is 29.1. The van der Waals surface area contributed by atoms with Crippen molar-refractivity contribution in [3.05, 3.63) is 0 Å². The largest absolute Gasteiger partial charge is 0.391 e. The van der Waals surface area contributed by atoms with Gasteiger partial charge in [-0.1, -0.05) is 13.3 Å². The van der Waals surface area contributed by atoms with Gasteiger partial charge in [-0.3, -0.25) is 0 Å². The summed E-state index contributed by atoms with van der Waals surface area (Å²) in [5, 5.41) is 3.17. The molecule has 0 amide bonds. The zero-order chi connectivity index (χ0) is 10.6. The molecule has 1 nitrogen and oxygen atoms in total. The van der Waals surface area contributed by atoms with Crippen LogP contribution in [0.2, 0.25) is 0 Å². The van der Waals surface area contributed by atoms with Gasteiger partial charge in [0.2, 0.25) is 0 Å². The molecule has 2 atom stereocenters. The zero-order valence-corrected chi connectivity index (χ0v) is 8.53. The van der Waals surface area contributed by atoms with Crippen LogP contribution in [0.15, 0.2) is 0 Å². The molecule has 14 heavy (non-hydrogen) atoms. The lowest BCUT2D eigenvalue weighted by Gasteiger charge is -2.31. The predicted octanol–water partition coefficient (Wildman–Crippen LogP) is 3.11. The summed E-state index contributed by atoms with van der Waals surface area (Å²) in [6.07, 6.45) is -0.838. The van der Waals surface area contributed by atoms with Crippen LogP contribution in [0.25, 0.3) is 0 Å². The molecule has 2 unspecified atom stereocenters. The van der Waals surface area contributed by atoms with Crippen molar-refractivity contribution in [3.8, 4) is 0 Å². The van der Waals surface area contributed by atoms with E-state index < -0.39 is 12.1 Å². The molecule has 1 fully saturated rings. The Morgan fingerprint density at radius 3 is 2.57 bits per heavy atom. The molecule has 0 bridgehead atoms. The summed E-state index contributed by atoms with van der Waals surface area (Å²) in [6, 6.07) is 0.0790. The van der Waals surface area contributed by atoms with Gasteiger partial charge in [0.05, 0.1) is 5.92 Å². The van der Waals surface area contributed by atoms with Gasteiger partial charge < -0.3 is 5.32 Å². The monoisotopic (exact) mass is 209 g/mol. The van der Waals surface area contributed by atoms with E-state index in [2.05, 4.69) is 5.32 Å². The lowest BCUT2D eigenvalue weighted by molar-refractivity contribution is -0.183. The Labute approximate surface area is 83.1 Å². The van der Waals surface area contributed by atoms with Crippen LogP contribution in [-0.4, -0.2) is 18.8 Å². The van der Waals surface area contributed by atoms with E-state index in [-0.39, 0.29) is 12.5 Å². The second-order valence-corrected chi connectivity index (χ2v) is 4.06. The van der Waals surface area contributed by atoms with Gasteiger partial charge >= 0.3 is 6.18 Å². The van der Waals surface area contributed by atoms with Gasteiger partial charge in [0.1, 0.15) is 0 Å². The highest BCUT2D eigenvalue weighted by Gasteiger charge is 2.41. The van der Waals surface area contributed by atoms with Gasteiger partial charge in [-0.05, 0) is 32.2 Å². The summed E-state index contributed by atoms with van der Waals surface area (Å²) in [5.41, 5.74) is 0. The lowest BCUT2D eigenvalue weighted by atomic mass is 9.85. The van der Waals surface area contributed by atoms with E-state index in [1.165, 1.54) is 0 Å². The smallest absolute Gasteiger partial charge is 0.314 e. The summed E-state index contributed by atoms with van der Waals surface area (Å²) in [4.78, 5) is 0. The third-order valence-electron chi connectivity index (χ3n) is 2.82. The topological polar surface area (TPSA) is 12.0 Å². The van der Waals surface area contributed by atoms with Crippen molar-refractivity contribution in [1.82, 2.24) is 5.32 Å². The van der Waals surface area contributed by atoms with Crippen LogP contribution in [0.5, 0.6) is 0 Å². The highest BCUT2D eigenvalue weighted by molar-refractivity contribution is 4.81. The van der Waals surface area contributed by atoms with Crippen molar-refractivity contribution >= 4 is 0 Å². The molecule has 1 aliphatic carbocycles. The Bertz CT molecular complexity index is 167. The fourth-order valence-electron chi connectivity index (χ4n) is 2.02. The number of hydrogen-bond acceptors (Lipinski definition) is 1. The maximum absolute atomic E-state index is 12.4. The van der Waals surface area contributed by atoms with Crippen molar-refractivity contribution in [1.29, 1.82) is 0 Å². The number of rotatable bonds is 3. The Morgan fingerprint density at radius 2 is 2.00 bits per heavy atom. The minimum atomic E-state index is -3.99. The van der Waals surface area contributed by atoms with Crippen LogP contribution in [0.1, 0.15) is 39.0 Å². The van der Waals surface area contributed by atoms with Crippen LogP contribution in [0.4, 0.5) is 13.2 Å². The molecule has 0 aromatic carbocycles. The third kappa shape index (κ3) is 3.48. The van der Waals surface area contributed by atoms with Gasteiger partial charge in [0, 0.05) is 6.04 Å². The lowest BCUT2D eigenvalue weighted by Crippen LogP contribution is -2.39. The molecule has 0 aliphatic heterocycles. The van der Waals surface area contributed by atoms with Crippen molar-refractivity contribution in [2.75, 3.05) is 6.54 Å². The highest BCUT2D eigenvalue weighted by Crippen LogP contribution is 2.37. The molecule has 0 heterocycles. The Morgan fingerprint density at radius 1 is 1.29 bits per heavy atom. The minimum absolute atomic E-state index is 0.0790. The first-order chi connectivity index (χ1) is 6.54. The fourth-order valence-corrected chi connectivity index (χ4v) is 2.02. The average molecular weight is 209 g/mol. The molecule has 0 saturated heterocycles. The van der Waals surface area contributed by atoms with Crippen LogP contribution in [0, 0.1) is 5.92 Å². The van der Waals surface area contributed by atoms with E-state index in [4.69, 9.17) is 0 Å². The summed E-state index contributed by atoms with van der Waals surface area (Å²) in [6.45, 7) is 2.85. The first kappa shape index (κ1) is 11.8.